The van der Waals surface area contributed by atoms with Gasteiger partial charge < -0.3 is 19.9 Å². The second-order valence-electron chi connectivity index (χ2n) is 8.85. The van der Waals surface area contributed by atoms with Crippen LogP contribution >= 0.6 is 0 Å². The third kappa shape index (κ3) is 6.47. The van der Waals surface area contributed by atoms with Crippen LogP contribution in [0.5, 0.6) is 0 Å². The molecule has 1 saturated heterocycles. The third-order valence-corrected chi connectivity index (χ3v) is 6.43. The topological polar surface area (TPSA) is 96.0 Å². The predicted octanol–water partition coefficient (Wildman–Crippen LogP) is 3.85. The molecule has 0 spiro atoms. The highest BCUT2D eigenvalue weighted by molar-refractivity contribution is 5.98. The summed E-state index contributed by atoms with van der Waals surface area (Å²) < 4.78 is 5.28. The molecule has 0 radical (unpaired) electrons. The number of hydrogen-bond donors (Lipinski definition) is 1. The number of carbonyl (C=O) groups is 4. The van der Waals surface area contributed by atoms with Crippen molar-refractivity contribution < 1.29 is 23.9 Å². The van der Waals surface area contributed by atoms with E-state index in [2.05, 4.69) is 5.32 Å². The highest BCUT2D eigenvalue weighted by Gasteiger charge is 2.25. The van der Waals surface area contributed by atoms with Gasteiger partial charge in [0.05, 0.1) is 5.56 Å². The molecule has 1 aliphatic rings. The monoisotopic (exact) mass is 479 g/mol. The van der Waals surface area contributed by atoms with E-state index in [4.69, 9.17) is 4.74 Å². The smallest absolute Gasteiger partial charge is 0.338 e. The molecule has 1 atom stereocenters. The Morgan fingerprint density at radius 1 is 1.14 bits per heavy atom. The van der Waals surface area contributed by atoms with Gasteiger partial charge in [-0.05, 0) is 69.0 Å². The highest BCUT2D eigenvalue weighted by atomic mass is 16.5. The van der Waals surface area contributed by atoms with Gasteiger partial charge in [0, 0.05) is 30.4 Å². The van der Waals surface area contributed by atoms with Crippen LogP contribution in [-0.4, -0.2) is 54.3 Å². The van der Waals surface area contributed by atoms with Crippen LogP contribution in [0.1, 0.15) is 54.6 Å². The summed E-state index contributed by atoms with van der Waals surface area (Å²) in [5, 5.41) is 2.87. The number of carbonyl (C=O) groups excluding carboxylic acids is 4. The van der Waals surface area contributed by atoms with Crippen LogP contribution in [0, 0.1) is 13.8 Å². The lowest BCUT2D eigenvalue weighted by Gasteiger charge is -2.28. The maximum Gasteiger partial charge on any atom is 0.338 e. The number of hydrogen-bond acceptors (Lipinski definition) is 5. The van der Waals surface area contributed by atoms with Crippen molar-refractivity contribution in [3.05, 3.63) is 59.2 Å². The lowest BCUT2D eigenvalue weighted by molar-refractivity contribution is -0.139. The van der Waals surface area contributed by atoms with Crippen LogP contribution in [0.4, 0.5) is 11.4 Å². The van der Waals surface area contributed by atoms with Gasteiger partial charge in [-0.15, -0.1) is 0 Å². The number of benzene rings is 2. The summed E-state index contributed by atoms with van der Waals surface area (Å²) in [6, 6.07) is 12.1. The zero-order valence-electron chi connectivity index (χ0n) is 20.8. The van der Waals surface area contributed by atoms with Crippen molar-refractivity contribution in [3.63, 3.8) is 0 Å². The van der Waals surface area contributed by atoms with E-state index in [1.807, 2.05) is 45.9 Å². The fourth-order valence-corrected chi connectivity index (χ4v) is 3.96. The largest absolute Gasteiger partial charge is 0.452 e. The van der Waals surface area contributed by atoms with E-state index in [9.17, 15) is 19.2 Å². The molecule has 1 N–H and O–H groups in total. The number of amides is 3. The van der Waals surface area contributed by atoms with Gasteiger partial charge in [-0.2, -0.15) is 0 Å². The van der Waals surface area contributed by atoms with Crippen LogP contribution in [0.3, 0.4) is 0 Å². The summed E-state index contributed by atoms with van der Waals surface area (Å²) in [4.78, 5) is 53.3. The first-order valence-corrected chi connectivity index (χ1v) is 11.9. The molecule has 0 bridgehead atoms. The van der Waals surface area contributed by atoms with E-state index in [1.165, 1.54) is 4.90 Å². The predicted molar refractivity (Wildman–Crippen MR) is 134 cm³/mol. The minimum atomic E-state index is -0.657. The van der Waals surface area contributed by atoms with Crippen molar-refractivity contribution in [1.29, 1.82) is 0 Å². The number of anilines is 2. The fourth-order valence-electron chi connectivity index (χ4n) is 3.96. The first kappa shape index (κ1) is 25.9. The van der Waals surface area contributed by atoms with Crippen molar-refractivity contribution in [2.24, 2.45) is 0 Å². The standard InChI is InChI=1S/C27H33N3O5/c1-5-19(3)30(16-24(31)28-23-12-6-9-18(2)20(23)4)26(33)17-35-27(34)21-10-7-11-22(15-21)29-14-8-13-25(29)32/h6-7,9-12,15,19H,5,8,13-14,16-17H2,1-4H3,(H,28,31)/t19-/m0/s1. The van der Waals surface area contributed by atoms with E-state index in [0.717, 1.165) is 17.5 Å². The van der Waals surface area contributed by atoms with Crippen molar-refractivity contribution in [3.8, 4) is 0 Å². The van der Waals surface area contributed by atoms with Gasteiger partial charge in [0.25, 0.3) is 5.91 Å². The molecule has 8 nitrogen and oxygen atoms in total. The summed E-state index contributed by atoms with van der Waals surface area (Å²) in [5.41, 5.74) is 3.63. The molecule has 35 heavy (non-hydrogen) atoms. The van der Waals surface area contributed by atoms with Crippen molar-refractivity contribution >= 4 is 35.1 Å². The number of nitrogens with one attached hydrogen (secondary N) is 1. The molecule has 3 rings (SSSR count). The first-order chi connectivity index (χ1) is 16.7. The molecule has 1 fully saturated rings. The van der Waals surface area contributed by atoms with E-state index >= 15 is 0 Å². The molecule has 1 aliphatic heterocycles. The summed E-state index contributed by atoms with van der Waals surface area (Å²) in [7, 11) is 0. The minimum absolute atomic E-state index is 0.0222. The minimum Gasteiger partial charge on any atom is -0.452 e. The van der Waals surface area contributed by atoms with Gasteiger partial charge in [0.15, 0.2) is 6.61 Å². The van der Waals surface area contributed by atoms with Crippen molar-refractivity contribution in [1.82, 2.24) is 4.90 Å². The zero-order valence-corrected chi connectivity index (χ0v) is 20.8. The van der Waals surface area contributed by atoms with Gasteiger partial charge in [-0.3, -0.25) is 14.4 Å². The molecule has 1 heterocycles. The van der Waals surface area contributed by atoms with Crippen molar-refractivity contribution in [2.45, 2.75) is 53.0 Å². The van der Waals surface area contributed by atoms with E-state index in [0.29, 0.717) is 30.8 Å². The molecular formula is C27H33N3O5. The molecule has 2 aromatic carbocycles. The lowest BCUT2D eigenvalue weighted by Crippen LogP contribution is -2.45. The summed E-state index contributed by atoms with van der Waals surface area (Å²) in [5.74, 6) is -1.40. The zero-order chi connectivity index (χ0) is 25.5. The number of nitrogens with zero attached hydrogens (tertiary/aromatic N) is 2. The van der Waals surface area contributed by atoms with Gasteiger partial charge in [-0.25, -0.2) is 4.79 Å². The molecule has 3 amide bonds. The molecule has 8 heteroatoms. The average Bonchev–Trinajstić information content (AvgIpc) is 3.29. The Balaban J connectivity index is 1.62. The second-order valence-corrected chi connectivity index (χ2v) is 8.85. The Labute approximate surface area is 206 Å². The van der Waals surface area contributed by atoms with Crippen molar-refractivity contribution in [2.75, 3.05) is 29.9 Å². The lowest BCUT2D eigenvalue weighted by atomic mass is 10.1. The van der Waals surface area contributed by atoms with Gasteiger partial charge in [0.2, 0.25) is 11.8 Å². The Kier molecular flexibility index (Phi) is 8.63. The highest BCUT2D eigenvalue weighted by Crippen LogP contribution is 2.23. The molecule has 2 aromatic rings. The molecule has 0 aliphatic carbocycles. The van der Waals surface area contributed by atoms with Crippen LogP contribution in [0.25, 0.3) is 0 Å². The van der Waals surface area contributed by atoms with Gasteiger partial charge in [0.1, 0.15) is 6.54 Å². The number of rotatable bonds is 9. The number of ether oxygens (including phenoxy) is 1. The summed E-state index contributed by atoms with van der Waals surface area (Å²) >= 11 is 0. The average molecular weight is 480 g/mol. The Hall–Kier alpha value is -3.68. The number of aryl methyl sites for hydroxylation is 1. The Morgan fingerprint density at radius 2 is 1.89 bits per heavy atom. The molecule has 0 unspecified atom stereocenters. The van der Waals surface area contributed by atoms with E-state index < -0.39 is 18.5 Å². The van der Waals surface area contributed by atoms with Gasteiger partial charge >= 0.3 is 5.97 Å². The second kappa shape index (κ2) is 11.6. The molecule has 186 valence electrons. The van der Waals surface area contributed by atoms with E-state index in [-0.39, 0.29) is 30.0 Å². The van der Waals surface area contributed by atoms with Gasteiger partial charge in [-0.1, -0.05) is 25.1 Å². The normalized spacial score (nSPS) is 13.9. The maximum atomic E-state index is 12.9. The molecule has 0 aromatic heterocycles. The molecular weight excluding hydrogens is 446 g/mol. The fraction of sp³-hybridized carbons (Fsp3) is 0.407. The molecule has 0 saturated carbocycles. The summed E-state index contributed by atoms with van der Waals surface area (Å²) in [6.07, 6.45) is 1.92. The van der Waals surface area contributed by atoms with Crippen LogP contribution in [0.15, 0.2) is 42.5 Å². The van der Waals surface area contributed by atoms with Crippen LogP contribution in [-0.2, 0) is 19.1 Å². The summed E-state index contributed by atoms with van der Waals surface area (Å²) in [6.45, 7) is 7.65. The van der Waals surface area contributed by atoms with Crippen LogP contribution < -0.4 is 10.2 Å². The van der Waals surface area contributed by atoms with Crippen LogP contribution in [0.2, 0.25) is 0 Å². The maximum absolute atomic E-state index is 12.9. The van der Waals surface area contributed by atoms with E-state index in [1.54, 1.807) is 29.2 Å². The first-order valence-electron chi connectivity index (χ1n) is 11.9. The quantitative estimate of drug-likeness (QED) is 0.551. The number of esters is 1. The SMILES string of the molecule is CC[C@H](C)N(CC(=O)Nc1cccc(C)c1C)C(=O)COC(=O)c1cccc(N2CCCC2=O)c1. The third-order valence-electron chi connectivity index (χ3n) is 6.43. The Morgan fingerprint density at radius 3 is 2.57 bits per heavy atom. The Bertz CT molecular complexity index is 1110.